The van der Waals surface area contributed by atoms with Gasteiger partial charge in [-0.2, -0.15) is 0 Å². The van der Waals surface area contributed by atoms with Crippen LogP contribution in [0.5, 0.6) is 0 Å². The largest absolute Gasteiger partial charge is 0.627 e. The van der Waals surface area contributed by atoms with E-state index in [-0.39, 0.29) is 17.5 Å². The molecule has 1 saturated heterocycles. The molecule has 2 atom stereocenters. The van der Waals surface area contributed by atoms with Crippen molar-refractivity contribution in [1.82, 2.24) is 9.96 Å². The molecule has 1 aromatic rings. The van der Waals surface area contributed by atoms with Crippen LogP contribution in [0.15, 0.2) is 18.2 Å². The van der Waals surface area contributed by atoms with Crippen LogP contribution in [0.25, 0.3) is 0 Å². The van der Waals surface area contributed by atoms with E-state index in [1.54, 1.807) is 0 Å². The number of carbonyl (C=O) groups excluding carboxylic acids is 2. The Morgan fingerprint density at radius 3 is 2.84 bits per heavy atom. The van der Waals surface area contributed by atoms with Gasteiger partial charge in [0.15, 0.2) is 11.5 Å². The van der Waals surface area contributed by atoms with Crippen molar-refractivity contribution in [1.29, 1.82) is 0 Å². The zero-order chi connectivity index (χ0) is 18.0. The van der Waals surface area contributed by atoms with Crippen molar-refractivity contribution in [3.05, 3.63) is 34.8 Å². The highest BCUT2D eigenvalue weighted by Gasteiger charge is 2.38. The summed E-state index contributed by atoms with van der Waals surface area (Å²) in [6.45, 7) is 3.33. The zero-order valence-corrected chi connectivity index (χ0v) is 14.6. The first-order valence-corrected chi connectivity index (χ1v) is 9.10. The third-order valence-electron chi connectivity index (χ3n) is 5.44. The summed E-state index contributed by atoms with van der Waals surface area (Å²) in [6.07, 6.45) is 4.38. The molecule has 136 valence electrons. The van der Waals surface area contributed by atoms with Crippen molar-refractivity contribution in [3.63, 3.8) is 0 Å². The number of hydrogen-bond acceptors (Lipinski definition) is 3. The number of nitrogens with one attached hydrogen (secondary N) is 1. The molecule has 0 spiro atoms. The first-order valence-electron chi connectivity index (χ1n) is 9.10. The summed E-state index contributed by atoms with van der Waals surface area (Å²) in [5, 5.41) is 14.9. The molecule has 1 aliphatic heterocycles. The van der Waals surface area contributed by atoms with E-state index in [4.69, 9.17) is 0 Å². The van der Waals surface area contributed by atoms with Gasteiger partial charge in [0.25, 0.3) is 5.91 Å². The van der Waals surface area contributed by atoms with Crippen LogP contribution >= 0.6 is 0 Å². The molecule has 0 aromatic heterocycles. The minimum atomic E-state index is -0.681. The highest BCUT2D eigenvalue weighted by Crippen LogP contribution is 2.34. The van der Waals surface area contributed by atoms with Gasteiger partial charge in [-0.05, 0) is 43.7 Å². The molecule has 1 saturated carbocycles. The standard InChI is InChI=1S/C19H25FN2O3/c1-13(15-5-2-6-18(15)23)4-3-9-21-19(24)14-7-8-16(20)17(12-14)22(25)10-11-22/h7-8,12-13,15H,2-6,9-11H2,1H3,(H,21,24). The van der Waals surface area contributed by atoms with E-state index in [0.29, 0.717) is 43.3 Å². The number of ketones is 1. The Kier molecular flexibility index (Phi) is 5.20. The van der Waals surface area contributed by atoms with E-state index < -0.39 is 10.5 Å². The zero-order valence-electron chi connectivity index (χ0n) is 14.6. The van der Waals surface area contributed by atoms with Gasteiger partial charge < -0.3 is 15.2 Å². The molecule has 0 bridgehead atoms. The van der Waals surface area contributed by atoms with Gasteiger partial charge in [0, 0.05) is 30.5 Å². The highest BCUT2D eigenvalue weighted by atomic mass is 19.1. The Morgan fingerprint density at radius 2 is 2.20 bits per heavy atom. The van der Waals surface area contributed by atoms with Crippen LogP contribution in [-0.2, 0) is 4.79 Å². The van der Waals surface area contributed by atoms with Gasteiger partial charge in [-0.3, -0.25) is 9.59 Å². The van der Waals surface area contributed by atoms with Crippen molar-refractivity contribution in [3.8, 4) is 0 Å². The first-order chi connectivity index (χ1) is 11.9. The average Bonchev–Trinajstić information content (AvgIpc) is 3.18. The maximum Gasteiger partial charge on any atom is 0.251 e. The number of amides is 1. The van der Waals surface area contributed by atoms with Crippen molar-refractivity contribution in [2.75, 3.05) is 19.6 Å². The fourth-order valence-corrected chi connectivity index (χ4v) is 3.67. The van der Waals surface area contributed by atoms with Crippen LogP contribution in [0, 0.1) is 22.9 Å². The lowest BCUT2D eigenvalue weighted by molar-refractivity contribution is -0.121. The van der Waals surface area contributed by atoms with Crippen LogP contribution in [-0.4, -0.2) is 31.3 Å². The number of Topliss-reactive ketones (excluding diaryl/α,β-unsaturated/α-hetero) is 1. The molecular formula is C19H25FN2O3. The Morgan fingerprint density at radius 1 is 1.44 bits per heavy atom. The lowest BCUT2D eigenvalue weighted by Crippen LogP contribution is -2.26. The minimum absolute atomic E-state index is 0.0426. The van der Waals surface area contributed by atoms with Crippen molar-refractivity contribution in [2.24, 2.45) is 11.8 Å². The van der Waals surface area contributed by atoms with Crippen LogP contribution in [0.4, 0.5) is 10.1 Å². The van der Waals surface area contributed by atoms with Crippen LogP contribution in [0.2, 0.25) is 0 Å². The van der Waals surface area contributed by atoms with Crippen molar-refractivity contribution >= 4 is 17.4 Å². The fraction of sp³-hybridized carbons (Fsp3) is 0.579. The number of quaternary nitrogens is 1. The number of nitrogens with zero attached hydrogens (tertiary/aromatic N) is 1. The van der Waals surface area contributed by atoms with Gasteiger partial charge in [0.2, 0.25) is 0 Å². The predicted octanol–water partition coefficient (Wildman–Crippen LogP) is 3.16. The minimum Gasteiger partial charge on any atom is -0.627 e. The number of benzene rings is 1. The van der Waals surface area contributed by atoms with Crippen LogP contribution in [0.1, 0.15) is 49.4 Å². The lowest BCUT2D eigenvalue weighted by atomic mass is 9.88. The molecule has 2 fully saturated rings. The third kappa shape index (κ3) is 4.07. The molecule has 1 aromatic carbocycles. The maximum atomic E-state index is 13.8. The summed E-state index contributed by atoms with van der Waals surface area (Å²) in [5.74, 6) is 0.0512. The normalized spacial score (nSPS) is 22.7. The second-order valence-corrected chi connectivity index (χ2v) is 7.34. The second-order valence-electron chi connectivity index (χ2n) is 7.34. The highest BCUT2D eigenvalue weighted by molar-refractivity contribution is 5.95. The van der Waals surface area contributed by atoms with Crippen LogP contribution in [0.3, 0.4) is 0 Å². The third-order valence-corrected chi connectivity index (χ3v) is 5.44. The molecule has 1 heterocycles. The molecule has 0 radical (unpaired) electrons. The number of rotatable bonds is 7. The monoisotopic (exact) mass is 348 g/mol. The SMILES string of the molecule is CC(CCCNC(=O)c1ccc(F)c([N+]2([O-])CC2)c1)C1CCCC1=O. The number of hydrogen-bond donors (Lipinski definition) is 1. The Labute approximate surface area is 147 Å². The number of carbonyl (C=O) groups is 2. The van der Waals surface area contributed by atoms with Gasteiger partial charge in [0.05, 0.1) is 0 Å². The predicted molar refractivity (Wildman–Crippen MR) is 94.4 cm³/mol. The molecule has 5 nitrogen and oxygen atoms in total. The number of hydroxylamine groups is 2. The molecule has 6 heteroatoms. The first kappa shape index (κ1) is 18.0. The molecule has 2 aliphatic rings. The summed E-state index contributed by atoms with van der Waals surface area (Å²) in [4.78, 5) is 24.0. The Hall–Kier alpha value is -1.79. The molecule has 1 amide bonds. The molecule has 1 aliphatic carbocycles. The molecular weight excluding hydrogens is 323 g/mol. The van der Waals surface area contributed by atoms with E-state index in [0.717, 1.165) is 25.7 Å². The van der Waals surface area contributed by atoms with E-state index in [9.17, 15) is 19.2 Å². The molecule has 3 rings (SSSR count). The molecule has 1 N–H and O–H groups in total. The van der Waals surface area contributed by atoms with Crippen molar-refractivity contribution < 1.29 is 14.0 Å². The quantitative estimate of drug-likeness (QED) is 0.356. The van der Waals surface area contributed by atoms with Gasteiger partial charge in [-0.25, -0.2) is 4.39 Å². The summed E-state index contributed by atoms with van der Waals surface area (Å²) in [7, 11) is 0. The fourth-order valence-electron chi connectivity index (χ4n) is 3.67. The average molecular weight is 348 g/mol. The summed E-state index contributed by atoms with van der Waals surface area (Å²) in [6, 6.07) is 3.96. The van der Waals surface area contributed by atoms with Gasteiger partial charge >= 0.3 is 0 Å². The summed E-state index contributed by atoms with van der Waals surface area (Å²) >= 11 is 0. The molecule has 2 unspecified atom stereocenters. The second kappa shape index (κ2) is 7.22. The topological polar surface area (TPSA) is 69.2 Å². The molecule has 25 heavy (non-hydrogen) atoms. The smallest absolute Gasteiger partial charge is 0.251 e. The van der Waals surface area contributed by atoms with E-state index >= 15 is 0 Å². The Balaban J connectivity index is 1.47. The summed E-state index contributed by atoms with van der Waals surface area (Å²) < 4.78 is 13.1. The Bertz CT molecular complexity index is 673. The van der Waals surface area contributed by atoms with E-state index in [1.165, 1.54) is 18.2 Å². The van der Waals surface area contributed by atoms with Crippen LogP contribution < -0.4 is 9.96 Å². The van der Waals surface area contributed by atoms with Crippen molar-refractivity contribution in [2.45, 2.75) is 39.0 Å². The summed E-state index contributed by atoms with van der Waals surface area (Å²) in [5.41, 5.74) is 0.358. The van der Waals surface area contributed by atoms with Gasteiger partial charge in [0.1, 0.15) is 18.9 Å². The van der Waals surface area contributed by atoms with E-state index in [2.05, 4.69) is 12.2 Å². The lowest BCUT2D eigenvalue weighted by Gasteiger charge is -2.21. The van der Waals surface area contributed by atoms with E-state index in [1.807, 2.05) is 0 Å². The van der Waals surface area contributed by atoms with Gasteiger partial charge in [-0.1, -0.05) is 6.92 Å². The van der Waals surface area contributed by atoms with Gasteiger partial charge in [-0.15, -0.1) is 0 Å². The maximum absolute atomic E-state index is 13.8. The number of halogens is 1.